The zero-order valence-electron chi connectivity index (χ0n) is 41.6. The van der Waals surface area contributed by atoms with Crippen molar-refractivity contribution in [3.8, 4) is 50.2 Å². The summed E-state index contributed by atoms with van der Waals surface area (Å²) in [6.07, 6.45) is 0. The minimum Gasteiger partial charge on any atom is -0.456 e. The van der Waals surface area contributed by atoms with Crippen LogP contribution in [0.25, 0.3) is 114 Å². The van der Waals surface area contributed by atoms with E-state index in [2.05, 4.69) is 270 Å². The predicted molar refractivity (Wildman–Crippen MR) is 323 cm³/mol. The number of rotatable bonds is 6. The average Bonchev–Trinajstić information content (AvgIpc) is 3.73. The molecule has 0 radical (unpaired) electrons. The Balaban J connectivity index is 0.899. The molecule has 0 bridgehead atoms. The van der Waals surface area contributed by atoms with Gasteiger partial charge in [0.1, 0.15) is 11.2 Å². The monoisotopic (exact) mass is 996 g/mol. The molecule has 0 amide bonds. The topological polar surface area (TPSA) is 21.3 Å². The van der Waals surface area contributed by atoms with Crippen LogP contribution < -0.4 is 4.90 Å². The molecule has 2 aliphatic carbocycles. The molecule has 12 aromatic carbocycles. The summed E-state index contributed by atoms with van der Waals surface area (Å²) >= 11 is 1.89. The van der Waals surface area contributed by atoms with Crippen molar-refractivity contribution in [2.24, 2.45) is 0 Å². The largest absolute Gasteiger partial charge is 0.456 e. The van der Waals surface area contributed by atoms with Crippen LogP contribution in [0.3, 0.4) is 0 Å². The Morgan fingerprint density at radius 3 is 1.70 bits per heavy atom. The molecule has 15 aromatic rings. The number of thiophene rings is 1. The average molecular weight is 997 g/mol. The number of furan rings is 1. The van der Waals surface area contributed by atoms with Crippen molar-refractivity contribution in [1.82, 2.24) is 4.57 Å². The van der Waals surface area contributed by atoms with Crippen molar-refractivity contribution in [3.63, 3.8) is 0 Å². The van der Waals surface area contributed by atoms with Crippen LogP contribution in [0.4, 0.5) is 17.1 Å². The molecule has 0 fully saturated rings. The lowest BCUT2D eigenvalue weighted by molar-refractivity contribution is 0.669. The zero-order chi connectivity index (χ0) is 50.3. The number of aromatic nitrogens is 1. The van der Waals surface area contributed by atoms with Gasteiger partial charge in [0.25, 0.3) is 0 Å². The number of nitrogens with zero attached hydrogens (tertiary/aromatic N) is 2. The maximum Gasteiger partial charge on any atom is 0.135 e. The first-order chi connectivity index (χ1) is 38.2. The van der Waals surface area contributed by atoms with Crippen LogP contribution in [0.5, 0.6) is 0 Å². The lowest BCUT2D eigenvalue weighted by atomic mass is 9.70. The summed E-state index contributed by atoms with van der Waals surface area (Å²) in [4.78, 5) is 2.48. The quantitative estimate of drug-likeness (QED) is 0.166. The Morgan fingerprint density at radius 1 is 0.351 bits per heavy atom. The van der Waals surface area contributed by atoms with E-state index in [1.807, 2.05) is 17.4 Å². The third-order valence-electron chi connectivity index (χ3n) is 16.8. The first-order valence-corrected chi connectivity index (χ1v) is 27.3. The van der Waals surface area contributed by atoms with Crippen LogP contribution in [0.15, 0.2) is 271 Å². The molecular formula is C73H44N2OS. The highest BCUT2D eigenvalue weighted by atomic mass is 32.1. The number of anilines is 3. The van der Waals surface area contributed by atoms with Gasteiger partial charge in [-0.15, -0.1) is 11.3 Å². The van der Waals surface area contributed by atoms with E-state index in [0.29, 0.717) is 0 Å². The van der Waals surface area contributed by atoms with Gasteiger partial charge >= 0.3 is 0 Å². The van der Waals surface area contributed by atoms with Crippen molar-refractivity contribution >= 4 is 92.3 Å². The van der Waals surface area contributed by atoms with E-state index in [9.17, 15) is 0 Å². The summed E-state index contributed by atoms with van der Waals surface area (Å²) in [7, 11) is 0. The first kappa shape index (κ1) is 42.6. The van der Waals surface area contributed by atoms with Crippen LogP contribution in [-0.2, 0) is 5.41 Å². The Kier molecular flexibility index (Phi) is 8.92. The summed E-state index contributed by atoms with van der Waals surface area (Å²) in [5, 5.41) is 7.21. The van der Waals surface area contributed by atoms with Gasteiger partial charge in [0, 0.05) is 70.0 Å². The van der Waals surface area contributed by atoms with E-state index in [1.165, 1.54) is 109 Å². The van der Waals surface area contributed by atoms with Crippen LogP contribution in [0.2, 0.25) is 0 Å². The van der Waals surface area contributed by atoms with Crippen LogP contribution >= 0.6 is 11.3 Å². The van der Waals surface area contributed by atoms with Gasteiger partial charge in [-0.1, -0.05) is 188 Å². The molecule has 3 nitrogen and oxygen atoms in total. The van der Waals surface area contributed by atoms with Crippen LogP contribution in [0.1, 0.15) is 22.3 Å². The number of hydrogen-bond acceptors (Lipinski definition) is 3. The lowest BCUT2D eigenvalue weighted by Crippen LogP contribution is -2.26. The standard InChI is InChI=1S/C73H44N2OS/c1-2-17-45(18-3-1)46-33-35-48(36-34-46)74(51-37-39-55-54-23-6-12-29-64(54)73(65(55)43-51)62-27-10-4-21-52(62)53-22-5-11-28-63(53)73)49-20-16-19-47(41-49)59-44-61-56-24-7-13-30-66(56)75(71(61)70-58-26-9-15-32-69(58)77-72(59)70)50-38-40-68-60(42-50)57-25-8-14-31-67(57)76-68/h1-44H. The maximum absolute atomic E-state index is 6.36. The Labute approximate surface area is 448 Å². The molecule has 0 saturated carbocycles. The van der Waals surface area contributed by atoms with E-state index in [0.717, 1.165) is 44.7 Å². The van der Waals surface area contributed by atoms with Gasteiger partial charge in [0.2, 0.25) is 0 Å². The Morgan fingerprint density at radius 2 is 0.935 bits per heavy atom. The molecule has 3 aromatic heterocycles. The minimum absolute atomic E-state index is 0.473. The van der Waals surface area contributed by atoms with E-state index in [-0.39, 0.29) is 0 Å². The number of para-hydroxylation sites is 2. The molecule has 358 valence electrons. The molecule has 17 rings (SSSR count). The Hall–Kier alpha value is -9.74. The fourth-order valence-corrected chi connectivity index (χ4v) is 14.8. The van der Waals surface area contributed by atoms with E-state index < -0.39 is 5.41 Å². The van der Waals surface area contributed by atoms with Crippen molar-refractivity contribution < 1.29 is 4.42 Å². The number of hydrogen-bond donors (Lipinski definition) is 0. The molecule has 0 unspecified atom stereocenters. The summed E-state index contributed by atoms with van der Waals surface area (Å²) < 4.78 is 11.4. The highest BCUT2D eigenvalue weighted by molar-refractivity contribution is 7.26. The summed E-state index contributed by atoms with van der Waals surface area (Å²) in [6.45, 7) is 0. The van der Waals surface area contributed by atoms with Gasteiger partial charge in [-0.25, -0.2) is 0 Å². The number of fused-ring (bicyclic) bond motifs is 20. The van der Waals surface area contributed by atoms with Gasteiger partial charge in [-0.3, -0.25) is 0 Å². The highest BCUT2D eigenvalue weighted by Crippen LogP contribution is 2.63. The first-order valence-electron chi connectivity index (χ1n) is 26.5. The second-order valence-corrected chi connectivity index (χ2v) is 21.7. The van der Waals surface area contributed by atoms with Crippen molar-refractivity contribution in [2.75, 3.05) is 4.90 Å². The van der Waals surface area contributed by atoms with Crippen molar-refractivity contribution in [3.05, 3.63) is 289 Å². The third-order valence-corrected chi connectivity index (χ3v) is 18.0. The second kappa shape index (κ2) is 16.1. The molecule has 4 heteroatoms. The fraction of sp³-hybridized carbons (Fsp3) is 0.0137. The summed E-state index contributed by atoms with van der Waals surface area (Å²) in [5.74, 6) is 0. The van der Waals surface area contributed by atoms with Crippen LogP contribution in [0, 0.1) is 0 Å². The molecule has 0 aliphatic heterocycles. The highest BCUT2D eigenvalue weighted by Gasteiger charge is 2.51. The van der Waals surface area contributed by atoms with Crippen LogP contribution in [-0.4, -0.2) is 4.57 Å². The minimum atomic E-state index is -0.473. The lowest BCUT2D eigenvalue weighted by Gasteiger charge is -2.32. The molecule has 2 aliphatic rings. The molecular weight excluding hydrogens is 953 g/mol. The van der Waals surface area contributed by atoms with Gasteiger partial charge in [0.05, 0.1) is 16.4 Å². The molecule has 0 N–H and O–H groups in total. The summed E-state index contributed by atoms with van der Waals surface area (Å²) in [6, 6.07) is 98.9. The fourth-order valence-electron chi connectivity index (χ4n) is 13.6. The third kappa shape index (κ3) is 5.96. The zero-order valence-corrected chi connectivity index (χ0v) is 42.4. The molecule has 0 atom stereocenters. The van der Waals surface area contributed by atoms with Gasteiger partial charge < -0.3 is 13.9 Å². The molecule has 77 heavy (non-hydrogen) atoms. The Bertz CT molecular complexity index is 4880. The summed E-state index contributed by atoms with van der Waals surface area (Å²) in [5.41, 5.74) is 23.4. The van der Waals surface area contributed by atoms with Crippen molar-refractivity contribution in [2.45, 2.75) is 5.41 Å². The molecule has 0 saturated heterocycles. The smallest absolute Gasteiger partial charge is 0.135 e. The van der Waals surface area contributed by atoms with E-state index in [1.54, 1.807) is 0 Å². The van der Waals surface area contributed by atoms with Gasteiger partial charge in [-0.05, 0) is 140 Å². The molecule has 3 heterocycles. The van der Waals surface area contributed by atoms with E-state index in [4.69, 9.17) is 4.42 Å². The van der Waals surface area contributed by atoms with E-state index >= 15 is 0 Å². The second-order valence-electron chi connectivity index (χ2n) is 20.7. The SMILES string of the molecule is c1ccc(-c2ccc(N(c3cccc(-c4cc5c6ccccc6n(-c6ccc7oc8ccccc8c7c6)c5c5c4sc4ccccc45)c3)c3ccc4c(c3)C3(c5ccccc5-c5ccccc53)c3ccccc3-4)cc2)cc1. The normalized spacial score (nSPS) is 13.0. The number of benzene rings is 12. The van der Waals surface area contributed by atoms with Gasteiger partial charge in [0.15, 0.2) is 0 Å². The maximum atomic E-state index is 6.36. The molecule has 1 spiro atoms. The van der Waals surface area contributed by atoms with Gasteiger partial charge in [-0.2, -0.15) is 0 Å². The predicted octanol–water partition coefficient (Wildman–Crippen LogP) is 20.2. The van der Waals surface area contributed by atoms with Crippen molar-refractivity contribution in [1.29, 1.82) is 0 Å².